The van der Waals surface area contributed by atoms with Gasteiger partial charge in [0.25, 0.3) is 0 Å². The van der Waals surface area contributed by atoms with Crippen LogP contribution < -0.4 is 10.0 Å². The number of nitrogens with one attached hydrogen (secondary N) is 2. The Hall–Kier alpha value is -2.06. The molecule has 1 amide bonds. The van der Waals surface area contributed by atoms with Crippen LogP contribution in [-0.2, 0) is 9.53 Å². The molecule has 0 saturated carbocycles. The van der Waals surface area contributed by atoms with Crippen LogP contribution in [0.2, 0.25) is 5.02 Å². The van der Waals surface area contributed by atoms with Crippen molar-refractivity contribution in [2.75, 3.05) is 23.3 Å². The van der Waals surface area contributed by atoms with E-state index in [2.05, 4.69) is 34.1 Å². The van der Waals surface area contributed by atoms with Gasteiger partial charge < -0.3 is 14.8 Å². The molecular weight excluding hydrogens is 462 g/mol. The van der Waals surface area contributed by atoms with Crippen molar-refractivity contribution in [2.45, 2.75) is 38.0 Å². The third kappa shape index (κ3) is 5.84. The van der Waals surface area contributed by atoms with Crippen molar-refractivity contribution in [3.63, 3.8) is 0 Å². The number of carbonyl (C=O) groups is 1. The first-order valence-electron chi connectivity index (χ1n) is 10.6. The Kier molecular flexibility index (Phi) is 7.73. The number of halogens is 1. The van der Waals surface area contributed by atoms with E-state index in [1.807, 2.05) is 37.3 Å². The fraction of sp³-hybridized carbons (Fsp3) is 0.333. The highest BCUT2D eigenvalue weighted by Crippen LogP contribution is 2.38. The fourth-order valence-corrected chi connectivity index (χ4v) is 5.63. The molecule has 1 saturated heterocycles. The molecule has 2 N–H and O–H groups in total. The number of carbonyl (C=O) groups excluding carboxylic acids is 1. The van der Waals surface area contributed by atoms with Crippen LogP contribution in [0, 0.1) is 19.8 Å². The van der Waals surface area contributed by atoms with Gasteiger partial charge in [0, 0.05) is 30.2 Å². The van der Waals surface area contributed by atoms with Crippen LogP contribution in [0.25, 0.3) is 10.4 Å². The molecule has 5 nitrogen and oxygen atoms in total. The number of aryl methyl sites for hydroxylation is 2. The smallest absolute Gasteiger partial charge is 0.226 e. The Balaban J connectivity index is 1.45. The molecule has 1 fully saturated rings. The summed E-state index contributed by atoms with van der Waals surface area (Å²) in [6, 6.07) is 14.1. The molecule has 2 heterocycles. The molecule has 168 valence electrons. The Bertz CT molecular complexity index is 1100. The molecule has 4 rings (SSSR count). The van der Waals surface area contributed by atoms with E-state index in [9.17, 15) is 4.79 Å². The van der Waals surface area contributed by atoms with E-state index in [0.717, 1.165) is 52.8 Å². The van der Waals surface area contributed by atoms with E-state index in [1.165, 1.54) is 28.8 Å². The highest BCUT2D eigenvalue weighted by Gasteiger charge is 2.19. The van der Waals surface area contributed by atoms with Crippen molar-refractivity contribution in [2.24, 2.45) is 5.92 Å². The van der Waals surface area contributed by atoms with Crippen LogP contribution in [0.5, 0.6) is 0 Å². The first-order chi connectivity index (χ1) is 15.5. The minimum atomic E-state index is 0.0204. The number of ether oxygens (including phenoxy) is 1. The highest BCUT2D eigenvalue weighted by molar-refractivity contribution is 8.00. The molecule has 0 unspecified atom stereocenters. The van der Waals surface area contributed by atoms with Crippen molar-refractivity contribution in [1.82, 2.24) is 4.98 Å². The molecule has 0 bridgehead atoms. The normalized spacial score (nSPS) is 14.3. The summed E-state index contributed by atoms with van der Waals surface area (Å²) in [6.45, 7) is 5.52. The second kappa shape index (κ2) is 10.7. The predicted octanol–water partition coefficient (Wildman–Crippen LogP) is 6.95. The number of rotatable bonds is 7. The van der Waals surface area contributed by atoms with E-state index in [-0.39, 0.29) is 5.91 Å². The molecule has 32 heavy (non-hydrogen) atoms. The number of hydrogen-bond acceptors (Lipinski definition) is 6. The van der Waals surface area contributed by atoms with Gasteiger partial charge in [-0.3, -0.25) is 4.79 Å². The Morgan fingerprint density at radius 3 is 2.78 bits per heavy atom. The van der Waals surface area contributed by atoms with Gasteiger partial charge in [0.1, 0.15) is 0 Å². The molecule has 0 atom stereocenters. The van der Waals surface area contributed by atoms with Crippen molar-refractivity contribution in [1.29, 1.82) is 0 Å². The van der Waals surface area contributed by atoms with Crippen molar-refractivity contribution >= 4 is 51.6 Å². The average Bonchev–Trinajstić information content (AvgIpc) is 3.14. The summed E-state index contributed by atoms with van der Waals surface area (Å²) < 4.78 is 8.76. The lowest BCUT2D eigenvalue weighted by Gasteiger charge is -2.20. The molecule has 1 aliphatic rings. The van der Waals surface area contributed by atoms with Gasteiger partial charge in [-0.25, -0.2) is 4.98 Å². The maximum atomic E-state index is 12.5. The Morgan fingerprint density at radius 1 is 1.22 bits per heavy atom. The van der Waals surface area contributed by atoms with Crippen molar-refractivity contribution in [3.8, 4) is 10.4 Å². The summed E-state index contributed by atoms with van der Waals surface area (Å²) in [5, 5.41) is 4.31. The van der Waals surface area contributed by atoms with E-state index < -0.39 is 0 Å². The molecule has 0 radical (unpaired) electrons. The Labute approximate surface area is 202 Å². The second-order valence-electron chi connectivity index (χ2n) is 7.91. The molecular formula is C24H26ClN3O2S2. The van der Waals surface area contributed by atoms with E-state index in [4.69, 9.17) is 16.3 Å². The minimum absolute atomic E-state index is 0.0204. The van der Waals surface area contributed by atoms with Gasteiger partial charge in [0.2, 0.25) is 5.91 Å². The minimum Gasteiger partial charge on any atom is -0.381 e. The van der Waals surface area contributed by atoms with Gasteiger partial charge in [-0.2, -0.15) is 0 Å². The number of anilines is 2. The van der Waals surface area contributed by atoms with E-state index in [1.54, 1.807) is 0 Å². The molecule has 0 spiro atoms. The first kappa shape index (κ1) is 23.1. The van der Waals surface area contributed by atoms with Crippen LogP contribution in [0.3, 0.4) is 0 Å². The SMILES string of the molecule is Cc1ccccc1NSc1cc(-c2sc(NC(=O)CC3CCOCC3)nc2C)ccc1Cl. The first-order valence-corrected chi connectivity index (χ1v) is 12.6. The van der Waals surface area contributed by atoms with Crippen molar-refractivity contribution < 1.29 is 9.53 Å². The zero-order valence-corrected chi connectivity index (χ0v) is 20.5. The maximum absolute atomic E-state index is 12.5. The standard InChI is InChI=1S/C24H26ClN3O2S2/c1-15-5-3-4-6-20(15)28-32-21-14-18(7-8-19(21)25)23-16(2)26-24(31-23)27-22(29)13-17-9-11-30-12-10-17/h3-8,14,17,28H,9-13H2,1-2H3,(H,26,27,29). The summed E-state index contributed by atoms with van der Waals surface area (Å²) in [6.07, 6.45) is 2.40. The number of para-hydroxylation sites is 1. The lowest BCUT2D eigenvalue weighted by molar-refractivity contribution is -0.117. The van der Waals surface area contributed by atoms with Crippen LogP contribution in [0.4, 0.5) is 10.8 Å². The molecule has 2 aromatic carbocycles. The zero-order valence-electron chi connectivity index (χ0n) is 18.1. The van der Waals surface area contributed by atoms with Crippen LogP contribution in [0.15, 0.2) is 47.4 Å². The van der Waals surface area contributed by atoms with Crippen LogP contribution in [0.1, 0.15) is 30.5 Å². The number of nitrogens with zero attached hydrogens (tertiary/aromatic N) is 1. The van der Waals surface area contributed by atoms with E-state index >= 15 is 0 Å². The quantitative estimate of drug-likeness (QED) is 0.353. The number of hydrogen-bond donors (Lipinski definition) is 2. The molecule has 3 aromatic rings. The number of aromatic nitrogens is 1. The van der Waals surface area contributed by atoms with E-state index in [0.29, 0.717) is 22.5 Å². The number of thiazole rings is 1. The van der Waals surface area contributed by atoms with Crippen LogP contribution >= 0.6 is 34.9 Å². The highest BCUT2D eigenvalue weighted by atomic mass is 35.5. The van der Waals surface area contributed by atoms with Gasteiger partial charge in [-0.05, 0) is 73.9 Å². The monoisotopic (exact) mass is 487 g/mol. The maximum Gasteiger partial charge on any atom is 0.226 e. The second-order valence-corrected chi connectivity index (χ2v) is 10.2. The van der Waals surface area contributed by atoms with Gasteiger partial charge in [-0.15, -0.1) is 0 Å². The number of benzene rings is 2. The fourth-order valence-electron chi connectivity index (χ4n) is 3.62. The van der Waals surface area contributed by atoms with Gasteiger partial charge in [0.05, 0.1) is 15.6 Å². The third-order valence-corrected chi connectivity index (χ3v) is 7.91. The van der Waals surface area contributed by atoms with Crippen LogP contribution in [-0.4, -0.2) is 24.1 Å². The Morgan fingerprint density at radius 2 is 2.00 bits per heavy atom. The van der Waals surface area contributed by atoms with Gasteiger partial charge in [-0.1, -0.05) is 47.2 Å². The predicted molar refractivity (Wildman–Crippen MR) is 135 cm³/mol. The third-order valence-electron chi connectivity index (χ3n) is 5.47. The summed E-state index contributed by atoms with van der Waals surface area (Å²) in [5.41, 5.74) is 4.15. The summed E-state index contributed by atoms with van der Waals surface area (Å²) in [7, 11) is 0. The number of amides is 1. The largest absolute Gasteiger partial charge is 0.381 e. The van der Waals surface area contributed by atoms with Gasteiger partial charge >= 0.3 is 0 Å². The summed E-state index contributed by atoms with van der Waals surface area (Å²) in [4.78, 5) is 19.0. The van der Waals surface area contributed by atoms with Crippen molar-refractivity contribution in [3.05, 3.63) is 58.7 Å². The lowest BCUT2D eigenvalue weighted by atomic mass is 9.96. The molecule has 1 aromatic heterocycles. The lowest BCUT2D eigenvalue weighted by Crippen LogP contribution is -2.22. The van der Waals surface area contributed by atoms with Gasteiger partial charge in [0.15, 0.2) is 5.13 Å². The summed E-state index contributed by atoms with van der Waals surface area (Å²) in [5.74, 6) is 0.410. The summed E-state index contributed by atoms with van der Waals surface area (Å²) >= 11 is 9.44. The molecule has 8 heteroatoms. The zero-order chi connectivity index (χ0) is 22.5. The average molecular weight is 488 g/mol. The topological polar surface area (TPSA) is 63.2 Å². The molecule has 0 aliphatic carbocycles. The molecule has 1 aliphatic heterocycles.